The van der Waals surface area contributed by atoms with E-state index in [1.165, 1.54) is 18.6 Å². The minimum absolute atomic E-state index is 0.170. The fraction of sp³-hybridized carbons (Fsp3) is 0. The van der Waals surface area contributed by atoms with Gasteiger partial charge in [0.25, 0.3) is 5.91 Å². The Morgan fingerprint density at radius 2 is 2.12 bits per heavy atom. The number of rotatable bonds is 2. The summed E-state index contributed by atoms with van der Waals surface area (Å²) in [5.41, 5.74) is 6.19. The zero-order valence-corrected chi connectivity index (χ0v) is 8.29. The van der Waals surface area contributed by atoms with Crippen LogP contribution in [-0.4, -0.2) is 20.9 Å². The van der Waals surface area contributed by atoms with Crippen LogP contribution >= 0.6 is 0 Å². The highest BCUT2D eigenvalue weighted by atomic mass is 16.1. The van der Waals surface area contributed by atoms with Gasteiger partial charge >= 0.3 is 0 Å². The minimum Gasteiger partial charge on any atom is -0.382 e. The topological polar surface area (TPSA) is 93.8 Å². The molecule has 0 saturated heterocycles. The minimum atomic E-state index is -0.368. The number of nitrogens with one attached hydrogen (secondary N) is 1. The lowest BCUT2D eigenvalue weighted by molar-refractivity contribution is 0.102. The van der Waals surface area contributed by atoms with Crippen molar-refractivity contribution in [1.29, 1.82) is 0 Å². The van der Waals surface area contributed by atoms with Gasteiger partial charge in [-0.2, -0.15) is 0 Å². The van der Waals surface area contributed by atoms with Gasteiger partial charge in [-0.15, -0.1) is 0 Å². The van der Waals surface area contributed by atoms with Crippen molar-refractivity contribution in [2.24, 2.45) is 0 Å². The molecule has 0 aromatic carbocycles. The Morgan fingerprint density at radius 1 is 1.25 bits per heavy atom. The van der Waals surface area contributed by atoms with Gasteiger partial charge in [-0.25, -0.2) is 4.98 Å². The third kappa shape index (κ3) is 2.30. The lowest BCUT2D eigenvalue weighted by Crippen LogP contribution is -2.14. The Balaban J connectivity index is 2.15. The molecule has 0 atom stereocenters. The molecule has 3 N–H and O–H groups in total. The van der Waals surface area contributed by atoms with Crippen molar-refractivity contribution >= 4 is 17.4 Å². The molecular formula is C10H9N5O. The van der Waals surface area contributed by atoms with E-state index in [-0.39, 0.29) is 17.4 Å². The van der Waals surface area contributed by atoms with Gasteiger partial charge in [-0.3, -0.25) is 14.8 Å². The number of carbonyl (C=O) groups excluding carboxylic acids is 1. The lowest BCUT2D eigenvalue weighted by atomic mass is 10.3. The third-order valence-electron chi connectivity index (χ3n) is 1.81. The molecule has 0 aliphatic carbocycles. The van der Waals surface area contributed by atoms with Crippen LogP contribution in [0, 0.1) is 0 Å². The average Bonchev–Trinajstić information content (AvgIpc) is 2.30. The third-order valence-corrected chi connectivity index (χ3v) is 1.81. The molecule has 0 saturated carbocycles. The number of carbonyl (C=O) groups is 1. The van der Waals surface area contributed by atoms with Crippen LogP contribution in [0.25, 0.3) is 0 Å². The van der Waals surface area contributed by atoms with Crippen LogP contribution < -0.4 is 11.1 Å². The predicted molar refractivity (Wildman–Crippen MR) is 58.6 cm³/mol. The molecule has 0 fully saturated rings. The monoisotopic (exact) mass is 215 g/mol. The summed E-state index contributed by atoms with van der Waals surface area (Å²) in [6.07, 6.45) is 5.89. The highest BCUT2D eigenvalue weighted by Gasteiger charge is 2.08. The van der Waals surface area contributed by atoms with Gasteiger partial charge in [0.15, 0.2) is 0 Å². The first kappa shape index (κ1) is 10.0. The molecule has 0 bridgehead atoms. The van der Waals surface area contributed by atoms with E-state index in [9.17, 15) is 4.79 Å². The molecule has 0 spiro atoms. The number of amides is 1. The summed E-state index contributed by atoms with van der Waals surface area (Å²) in [7, 11) is 0. The van der Waals surface area contributed by atoms with Gasteiger partial charge in [-0.05, 0) is 12.1 Å². The summed E-state index contributed by atoms with van der Waals surface area (Å²) in [5.74, 6) is -0.161. The maximum absolute atomic E-state index is 11.7. The number of nitrogens with zero attached hydrogens (tertiary/aromatic N) is 3. The Bertz CT molecular complexity index is 500. The SMILES string of the molecule is Nc1cncc(C(=O)Nc2cccnc2)n1. The summed E-state index contributed by atoms with van der Waals surface area (Å²) >= 11 is 0. The number of nitrogens with two attached hydrogens (primary N) is 1. The molecule has 1 amide bonds. The van der Waals surface area contributed by atoms with E-state index in [1.54, 1.807) is 18.3 Å². The fourth-order valence-corrected chi connectivity index (χ4v) is 1.12. The van der Waals surface area contributed by atoms with Crippen LogP contribution in [0.4, 0.5) is 11.5 Å². The summed E-state index contributed by atoms with van der Waals surface area (Å²) in [6, 6.07) is 3.45. The van der Waals surface area contributed by atoms with E-state index in [0.29, 0.717) is 5.69 Å². The molecule has 80 valence electrons. The van der Waals surface area contributed by atoms with Crippen molar-refractivity contribution in [3.05, 3.63) is 42.6 Å². The second-order valence-electron chi connectivity index (χ2n) is 3.03. The molecule has 2 rings (SSSR count). The van der Waals surface area contributed by atoms with Crippen LogP contribution in [0.2, 0.25) is 0 Å². The summed E-state index contributed by atoms with van der Waals surface area (Å²) in [5, 5.41) is 2.63. The summed E-state index contributed by atoms with van der Waals surface area (Å²) in [4.78, 5) is 23.2. The largest absolute Gasteiger partial charge is 0.382 e. The second kappa shape index (κ2) is 4.35. The molecular weight excluding hydrogens is 206 g/mol. The fourth-order valence-electron chi connectivity index (χ4n) is 1.12. The van der Waals surface area contributed by atoms with Crippen LogP contribution in [-0.2, 0) is 0 Å². The van der Waals surface area contributed by atoms with Crippen molar-refractivity contribution in [2.75, 3.05) is 11.1 Å². The molecule has 0 unspecified atom stereocenters. The van der Waals surface area contributed by atoms with E-state index in [2.05, 4.69) is 20.3 Å². The number of nitrogen functional groups attached to an aromatic ring is 1. The first-order chi connectivity index (χ1) is 7.75. The van der Waals surface area contributed by atoms with E-state index < -0.39 is 0 Å². The highest BCUT2D eigenvalue weighted by Crippen LogP contribution is 2.05. The first-order valence-corrected chi connectivity index (χ1v) is 4.54. The van der Waals surface area contributed by atoms with Crippen LogP contribution in [0.15, 0.2) is 36.9 Å². The normalized spacial score (nSPS) is 9.75. The maximum Gasteiger partial charge on any atom is 0.275 e. The lowest BCUT2D eigenvalue weighted by Gasteiger charge is -2.03. The van der Waals surface area contributed by atoms with Crippen molar-refractivity contribution in [3.63, 3.8) is 0 Å². The Labute approximate surface area is 91.6 Å². The number of hydrogen-bond acceptors (Lipinski definition) is 5. The first-order valence-electron chi connectivity index (χ1n) is 4.54. The molecule has 0 aliphatic rings. The van der Waals surface area contributed by atoms with E-state index in [0.717, 1.165) is 0 Å². The molecule has 6 nitrogen and oxygen atoms in total. The standard InChI is InChI=1S/C10H9N5O/c11-9-6-13-5-8(15-9)10(16)14-7-2-1-3-12-4-7/h1-6H,(H2,11,15)(H,14,16). The zero-order valence-electron chi connectivity index (χ0n) is 8.29. The van der Waals surface area contributed by atoms with E-state index in [4.69, 9.17) is 5.73 Å². The predicted octanol–water partition coefficient (Wildman–Crippen LogP) is 0.706. The number of anilines is 2. The molecule has 2 aromatic heterocycles. The zero-order chi connectivity index (χ0) is 11.4. The van der Waals surface area contributed by atoms with Crippen molar-refractivity contribution in [2.45, 2.75) is 0 Å². The summed E-state index contributed by atoms with van der Waals surface area (Å²) < 4.78 is 0. The number of hydrogen-bond donors (Lipinski definition) is 2. The Morgan fingerprint density at radius 3 is 2.81 bits per heavy atom. The highest BCUT2D eigenvalue weighted by molar-refractivity contribution is 6.02. The van der Waals surface area contributed by atoms with Crippen molar-refractivity contribution < 1.29 is 4.79 Å². The molecule has 16 heavy (non-hydrogen) atoms. The van der Waals surface area contributed by atoms with Crippen LogP contribution in [0.1, 0.15) is 10.5 Å². The molecule has 0 radical (unpaired) electrons. The van der Waals surface area contributed by atoms with E-state index in [1.807, 2.05) is 0 Å². The van der Waals surface area contributed by atoms with Gasteiger partial charge in [0.1, 0.15) is 11.5 Å². The van der Waals surface area contributed by atoms with Crippen LogP contribution in [0.5, 0.6) is 0 Å². The van der Waals surface area contributed by atoms with Gasteiger partial charge in [-0.1, -0.05) is 0 Å². The number of aromatic nitrogens is 3. The molecule has 6 heteroatoms. The maximum atomic E-state index is 11.7. The molecule has 2 heterocycles. The average molecular weight is 215 g/mol. The number of pyridine rings is 1. The van der Waals surface area contributed by atoms with Gasteiger partial charge < -0.3 is 11.1 Å². The van der Waals surface area contributed by atoms with Crippen molar-refractivity contribution in [1.82, 2.24) is 15.0 Å². The molecule has 2 aromatic rings. The Kier molecular flexibility index (Phi) is 2.73. The quantitative estimate of drug-likeness (QED) is 0.769. The Hall–Kier alpha value is -2.50. The van der Waals surface area contributed by atoms with E-state index >= 15 is 0 Å². The van der Waals surface area contributed by atoms with Crippen LogP contribution in [0.3, 0.4) is 0 Å². The van der Waals surface area contributed by atoms with Gasteiger partial charge in [0.2, 0.25) is 0 Å². The second-order valence-corrected chi connectivity index (χ2v) is 3.03. The van der Waals surface area contributed by atoms with Gasteiger partial charge in [0.05, 0.1) is 24.3 Å². The van der Waals surface area contributed by atoms with Crippen molar-refractivity contribution in [3.8, 4) is 0 Å². The smallest absolute Gasteiger partial charge is 0.275 e. The van der Waals surface area contributed by atoms with Gasteiger partial charge in [0, 0.05) is 6.20 Å². The summed E-state index contributed by atoms with van der Waals surface area (Å²) in [6.45, 7) is 0. The molecule has 0 aliphatic heterocycles.